The minimum Gasteiger partial charge on any atom is -0.420 e. The lowest BCUT2D eigenvalue weighted by Gasteiger charge is -2.16. The van der Waals surface area contributed by atoms with E-state index in [1.165, 1.54) is 139 Å². The van der Waals surface area contributed by atoms with E-state index < -0.39 is 9.04 Å². The standard InChI is InChI=1S/C28H54OSSi/c1-3-5-7-9-11-13-15-19-26-31(27-20-16-14-12-10-8-6-4-2)29-24-18-17-22-28-23-21-25-30-28/h21,23,25,31H,3-20,22,24,26-27H2,1-2H3. The molecule has 0 radical (unpaired) electrons. The molecule has 0 saturated carbocycles. The van der Waals surface area contributed by atoms with Crippen LogP contribution in [0.3, 0.4) is 0 Å². The first-order valence-corrected chi connectivity index (χ1v) is 17.0. The zero-order valence-corrected chi connectivity index (χ0v) is 23.2. The van der Waals surface area contributed by atoms with E-state index >= 15 is 0 Å². The molecule has 0 aliphatic carbocycles. The maximum absolute atomic E-state index is 6.52. The molecule has 1 nitrogen and oxygen atoms in total. The molecule has 31 heavy (non-hydrogen) atoms. The summed E-state index contributed by atoms with van der Waals surface area (Å²) in [4.78, 5) is 1.53. The normalized spacial score (nSPS) is 11.6. The molecule has 0 saturated heterocycles. The molecule has 0 fully saturated rings. The van der Waals surface area contributed by atoms with Crippen LogP contribution >= 0.6 is 11.3 Å². The van der Waals surface area contributed by atoms with Crippen molar-refractivity contribution in [2.24, 2.45) is 0 Å². The van der Waals surface area contributed by atoms with Crippen LogP contribution in [0.25, 0.3) is 0 Å². The van der Waals surface area contributed by atoms with Crippen LogP contribution in [0.4, 0.5) is 0 Å². The Labute approximate surface area is 201 Å². The third kappa shape index (κ3) is 19.1. The molecule has 1 aromatic rings. The third-order valence-electron chi connectivity index (χ3n) is 6.51. The molecule has 0 aliphatic rings. The Bertz CT molecular complexity index is 428. The van der Waals surface area contributed by atoms with Crippen molar-refractivity contribution in [3.8, 4) is 0 Å². The molecule has 1 heterocycles. The van der Waals surface area contributed by atoms with E-state index in [-0.39, 0.29) is 0 Å². The highest BCUT2D eigenvalue weighted by molar-refractivity contribution is 7.09. The molecule has 0 spiro atoms. The molecule has 0 atom stereocenters. The summed E-state index contributed by atoms with van der Waals surface area (Å²) in [5.74, 6) is 0. The highest BCUT2D eigenvalue weighted by Gasteiger charge is 2.11. The minimum atomic E-state index is -0.975. The zero-order valence-electron chi connectivity index (χ0n) is 21.2. The number of unbranched alkanes of at least 4 members (excludes halogenated alkanes) is 15. The fraction of sp³-hybridized carbons (Fsp3) is 0.857. The zero-order chi connectivity index (χ0) is 22.2. The van der Waals surface area contributed by atoms with E-state index in [1.54, 1.807) is 0 Å². The summed E-state index contributed by atoms with van der Waals surface area (Å²) in [5, 5.41) is 2.20. The molecular weight excluding hydrogens is 412 g/mol. The van der Waals surface area contributed by atoms with Crippen LogP contribution in [0, 0.1) is 0 Å². The van der Waals surface area contributed by atoms with Crippen molar-refractivity contribution in [3.63, 3.8) is 0 Å². The van der Waals surface area contributed by atoms with Gasteiger partial charge in [0.05, 0.1) is 0 Å². The van der Waals surface area contributed by atoms with Gasteiger partial charge in [0.2, 0.25) is 0 Å². The lowest BCUT2D eigenvalue weighted by Crippen LogP contribution is -2.18. The average molecular weight is 467 g/mol. The van der Waals surface area contributed by atoms with Crippen molar-refractivity contribution in [2.45, 2.75) is 148 Å². The minimum absolute atomic E-state index is 0.975. The van der Waals surface area contributed by atoms with Crippen molar-refractivity contribution >= 4 is 20.4 Å². The van der Waals surface area contributed by atoms with E-state index in [1.807, 2.05) is 11.3 Å². The fourth-order valence-corrected chi connectivity index (χ4v) is 7.79. The number of rotatable bonds is 24. The van der Waals surface area contributed by atoms with Crippen molar-refractivity contribution in [1.29, 1.82) is 0 Å². The molecule has 0 aliphatic heterocycles. The molecule has 182 valence electrons. The summed E-state index contributed by atoms with van der Waals surface area (Å²) in [6, 6.07) is 7.30. The number of aryl methyl sites for hydroxylation is 1. The molecule has 0 amide bonds. The molecule has 1 rings (SSSR count). The molecule has 0 N–H and O–H groups in total. The highest BCUT2D eigenvalue weighted by atomic mass is 32.1. The molecule has 3 heteroatoms. The van der Waals surface area contributed by atoms with Crippen molar-refractivity contribution in [3.05, 3.63) is 22.4 Å². The van der Waals surface area contributed by atoms with Gasteiger partial charge in [-0.1, -0.05) is 123 Å². The van der Waals surface area contributed by atoms with Crippen molar-refractivity contribution < 1.29 is 4.43 Å². The van der Waals surface area contributed by atoms with Gasteiger partial charge in [0.15, 0.2) is 9.04 Å². The van der Waals surface area contributed by atoms with E-state index in [9.17, 15) is 0 Å². The predicted molar refractivity (Wildman–Crippen MR) is 145 cm³/mol. The number of hydrogen-bond donors (Lipinski definition) is 0. The smallest absolute Gasteiger partial charge is 0.176 e. The monoisotopic (exact) mass is 466 g/mol. The Hall–Kier alpha value is -0.123. The Kier molecular flexibility index (Phi) is 21.5. The molecule has 0 unspecified atom stereocenters. The van der Waals surface area contributed by atoms with Crippen LogP contribution < -0.4 is 0 Å². The van der Waals surface area contributed by atoms with Crippen LogP contribution in [0.2, 0.25) is 12.1 Å². The Morgan fingerprint density at radius 1 is 0.645 bits per heavy atom. The first kappa shape index (κ1) is 28.9. The van der Waals surface area contributed by atoms with E-state index in [0.717, 1.165) is 6.61 Å². The second-order valence-electron chi connectivity index (χ2n) is 9.56. The first-order valence-electron chi connectivity index (χ1n) is 14.0. The maximum atomic E-state index is 6.52. The summed E-state index contributed by atoms with van der Waals surface area (Å²) >= 11 is 1.90. The van der Waals surface area contributed by atoms with Crippen LogP contribution in [0.1, 0.15) is 134 Å². The topological polar surface area (TPSA) is 9.23 Å². The quantitative estimate of drug-likeness (QED) is 0.109. The predicted octanol–water partition coefficient (Wildman–Crippen LogP) is 10.1. The van der Waals surface area contributed by atoms with Gasteiger partial charge < -0.3 is 4.43 Å². The van der Waals surface area contributed by atoms with Gasteiger partial charge in [-0.15, -0.1) is 11.3 Å². The Morgan fingerprint density at radius 3 is 1.65 bits per heavy atom. The average Bonchev–Trinajstić information content (AvgIpc) is 3.30. The summed E-state index contributed by atoms with van der Waals surface area (Å²) in [5.41, 5.74) is 0. The van der Waals surface area contributed by atoms with E-state index in [0.29, 0.717) is 0 Å². The van der Waals surface area contributed by atoms with Gasteiger partial charge >= 0.3 is 0 Å². The van der Waals surface area contributed by atoms with Crippen LogP contribution in [0.15, 0.2) is 17.5 Å². The van der Waals surface area contributed by atoms with Crippen LogP contribution in [-0.2, 0) is 10.8 Å². The number of thiophene rings is 1. The summed E-state index contributed by atoms with van der Waals surface area (Å²) in [6.07, 6.45) is 26.7. The first-order chi connectivity index (χ1) is 15.4. The number of hydrogen-bond acceptors (Lipinski definition) is 2. The van der Waals surface area contributed by atoms with E-state index in [4.69, 9.17) is 4.43 Å². The van der Waals surface area contributed by atoms with Gasteiger partial charge in [-0.05, 0) is 42.8 Å². The second-order valence-corrected chi connectivity index (χ2v) is 13.3. The van der Waals surface area contributed by atoms with Gasteiger partial charge in [0, 0.05) is 11.5 Å². The maximum Gasteiger partial charge on any atom is 0.176 e. The van der Waals surface area contributed by atoms with Gasteiger partial charge in [0.1, 0.15) is 0 Å². The molecule has 0 aromatic carbocycles. The van der Waals surface area contributed by atoms with E-state index in [2.05, 4.69) is 31.4 Å². The third-order valence-corrected chi connectivity index (χ3v) is 10.3. The summed E-state index contributed by atoms with van der Waals surface area (Å²) in [6.45, 7) is 5.63. The van der Waals surface area contributed by atoms with Crippen molar-refractivity contribution in [2.75, 3.05) is 6.61 Å². The Morgan fingerprint density at radius 2 is 1.16 bits per heavy atom. The van der Waals surface area contributed by atoms with Gasteiger partial charge in [0.25, 0.3) is 0 Å². The van der Waals surface area contributed by atoms with Gasteiger partial charge in [-0.2, -0.15) is 0 Å². The van der Waals surface area contributed by atoms with Crippen molar-refractivity contribution in [1.82, 2.24) is 0 Å². The SMILES string of the molecule is CCCCCCCCCC[SiH](CCCCCCCCCC)OCCCCc1cccs1. The lowest BCUT2D eigenvalue weighted by molar-refractivity contribution is 0.305. The molecule has 1 aromatic heterocycles. The van der Waals surface area contributed by atoms with Gasteiger partial charge in [-0.25, -0.2) is 0 Å². The molecular formula is C28H54OSSi. The Balaban J connectivity index is 2.11. The highest BCUT2D eigenvalue weighted by Crippen LogP contribution is 2.18. The van der Waals surface area contributed by atoms with Gasteiger partial charge in [-0.3, -0.25) is 0 Å². The van der Waals surface area contributed by atoms with Crippen LogP contribution in [0.5, 0.6) is 0 Å². The second kappa shape index (κ2) is 23.0. The molecule has 0 bridgehead atoms. The summed E-state index contributed by atoms with van der Waals surface area (Å²) < 4.78 is 6.52. The summed E-state index contributed by atoms with van der Waals surface area (Å²) in [7, 11) is -0.975. The van der Waals surface area contributed by atoms with Crippen LogP contribution in [-0.4, -0.2) is 15.6 Å². The largest absolute Gasteiger partial charge is 0.420 e. The lowest BCUT2D eigenvalue weighted by atomic mass is 10.1. The fourth-order valence-electron chi connectivity index (χ4n) is 4.43.